The van der Waals surface area contributed by atoms with E-state index in [0.29, 0.717) is 5.56 Å². The first-order chi connectivity index (χ1) is 18.9. The van der Waals surface area contributed by atoms with Gasteiger partial charge in [-0.3, -0.25) is 0 Å². The largest absolute Gasteiger partial charge is 0.478 e. The third kappa shape index (κ3) is 5.23. The Bertz CT molecular complexity index is 1650. The fourth-order valence-electron chi connectivity index (χ4n) is 5.33. The molecule has 39 heavy (non-hydrogen) atoms. The number of aromatic carboxylic acids is 1. The molecule has 4 aromatic carbocycles. The van der Waals surface area contributed by atoms with Crippen LogP contribution >= 0.6 is 0 Å². The first-order valence-corrected chi connectivity index (χ1v) is 13.4. The lowest BCUT2D eigenvalue weighted by atomic mass is 9.99. The SMILES string of the molecule is C=C(N[C@H](CC)c1ccccc1)c1ccc2c(c1)c(C)c(C)n2Cc1ccc(-c2ccccc2C(=O)O)cc1. The van der Waals surface area contributed by atoms with Gasteiger partial charge in [0.05, 0.1) is 11.6 Å². The number of carbonyl (C=O) groups is 1. The molecule has 1 atom stereocenters. The molecule has 2 N–H and O–H groups in total. The first kappa shape index (κ1) is 26.1. The maximum Gasteiger partial charge on any atom is 0.336 e. The van der Waals surface area contributed by atoms with Crippen molar-refractivity contribution < 1.29 is 9.90 Å². The van der Waals surface area contributed by atoms with E-state index in [9.17, 15) is 9.90 Å². The van der Waals surface area contributed by atoms with E-state index in [1.807, 2.05) is 30.3 Å². The highest BCUT2D eigenvalue weighted by Crippen LogP contribution is 2.30. The lowest BCUT2D eigenvalue weighted by molar-refractivity contribution is 0.0697. The minimum atomic E-state index is -0.915. The molecule has 196 valence electrons. The Hall–Kier alpha value is -4.57. The molecule has 0 unspecified atom stereocenters. The summed E-state index contributed by atoms with van der Waals surface area (Å²) in [5.41, 5.74) is 10.1. The normalized spacial score (nSPS) is 11.9. The van der Waals surface area contributed by atoms with Crippen LogP contribution in [0.25, 0.3) is 27.7 Å². The van der Waals surface area contributed by atoms with Gasteiger partial charge in [-0.15, -0.1) is 0 Å². The number of aromatic nitrogens is 1. The summed E-state index contributed by atoms with van der Waals surface area (Å²) < 4.78 is 2.35. The van der Waals surface area contributed by atoms with Crippen molar-refractivity contribution in [2.24, 2.45) is 0 Å². The van der Waals surface area contributed by atoms with E-state index in [2.05, 4.69) is 91.8 Å². The molecule has 0 amide bonds. The number of rotatable bonds is 9. The lowest BCUT2D eigenvalue weighted by Crippen LogP contribution is -2.18. The van der Waals surface area contributed by atoms with Gasteiger partial charge in [-0.2, -0.15) is 0 Å². The minimum Gasteiger partial charge on any atom is -0.478 e. The molecule has 0 saturated heterocycles. The molecule has 1 heterocycles. The number of hydrogen-bond donors (Lipinski definition) is 2. The summed E-state index contributed by atoms with van der Waals surface area (Å²) in [6, 6.07) is 32.6. The Morgan fingerprint density at radius 2 is 1.62 bits per heavy atom. The zero-order valence-corrected chi connectivity index (χ0v) is 22.7. The predicted molar refractivity (Wildman–Crippen MR) is 161 cm³/mol. The van der Waals surface area contributed by atoms with Crippen LogP contribution in [0.5, 0.6) is 0 Å². The summed E-state index contributed by atoms with van der Waals surface area (Å²) in [5.74, 6) is -0.915. The second-order valence-corrected chi connectivity index (χ2v) is 10.1. The van der Waals surface area contributed by atoms with Gasteiger partial charge in [0.2, 0.25) is 0 Å². The van der Waals surface area contributed by atoms with Crippen LogP contribution in [0.15, 0.2) is 104 Å². The zero-order valence-electron chi connectivity index (χ0n) is 22.7. The number of fused-ring (bicyclic) bond motifs is 1. The van der Waals surface area contributed by atoms with Gasteiger partial charge in [0.25, 0.3) is 0 Å². The number of carboxylic acids is 1. The van der Waals surface area contributed by atoms with E-state index in [-0.39, 0.29) is 6.04 Å². The molecule has 0 bridgehead atoms. The minimum absolute atomic E-state index is 0.215. The standard InChI is InChI=1S/C35H34N2O2/c1-5-33(28-11-7-6-8-12-28)36-24(3)29-19-20-34-32(21-29)23(2)25(4)37(34)22-26-15-17-27(18-16-26)30-13-9-10-14-31(30)35(38)39/h6-21,33,36H,3,5,22H2,1-2,4H3,(H,38,39)/t33-/m1/s1. The summed E-state index contributed by atoms with van der Waals surface area (Å²) >= 11 is 0. The lowest BCUT2D eigenvalue weighted by Gasteiger charge is -2.20. The summed E-state index contributed by atoms with van der Waals surface area (Å²) in [6.07, 6.45) is 0.973. The van der Waals surface area contributed by atoms with E-state index in [1.165, 1.54) is 27.7 Å². The van der Waals surface area contributed by atoms with Crippen molar-refractivity contribution in [2.45, 2.75) is 39.8 Å². The van der Waals surface area contributed by atoms with Gasteiger partial charge in [0.1, 0.15) is 0 Å². The molecule has 4 heteroatoms. The van der Waals surface area contributed by atoms with Gasteiger partial charge >= 0.3 is 5.97 Å². The summed E-state index contributed by atoms with van der Waals surface area (Å²) in [7, 11) is 0. The van der Waals surface area contributed by atoms with Crippen molar-refractivity contribution in [2.75, 3.05) is 0 Å². The summed E-state index contributed by atoms with van der Waals surface area (Å²) in [5, 5.41) is 14.4. The average molecular weight is 515 g/mol. The van der Waals surface area contributed by atoms with E-state index < -0.39 is 5.97 Å². The average Bonchev–Trinajstić information content (AvgIpc) is 3.20. The Morgan fingerprint density at radius 1 is 0.923 bits per heavy atom. The predicted octanol–water partition coefficient (Wildman–Crippen LogP) is 8.38. The topological polar surface area (TPSA) is 54.3 Å². The monoisotopic (exact) mass is 514 g/mol. The Labute approximate surface area is 230 Å². The van der Waals surface area contributed by atoms with Crippen molar-refractivity contribution in [1.82, 2.24) is 9.88 Å². The van der Waals surface area contributed by atoms with Crippen molar-refractivity contribution in [3.63, 3.8) is 0 Å². The molecule has 0 fully saturated rings. The number of nitrogens with one attached hydrogen (secondary N) is 1. The van der Waals surface area contributed by atoms with Crippen LogP contribution in [0.2, 0.25) is 0 Å². The van der Waals surface area contributed by atoms with Gasteiger partial charge in [-0.05, 0) is 71.8 Å². The molecule has 0 aliphatic rings. The number of benzene rings is 4. The third-order valence-electron chi connectivity index (χ3n) is 7.71. The van der Waals surface area contributed by atoms with Gasteiger partial charge < -0.3 is 15.0 Å². The number of nitrogens with zero attached hydrogens (tertiary/aromatic N) is 1. The van der Waals surface area contributed by atoms with Gasteiger partial charge in [0, 0.05) is 28.8 Å². The van der Waals surface area contributed by atoms with Crippen LogP contribution in [-0.4, -0.2) is 15.6 Å². The highest BCUT2D eigenvalue weighted by Gasteiger charge is 2.15. The highest BCUT2D eigenvalue weighted by molar-refractivity contribution is 5.96. The van der Waals surface area contributed by atoms with Crippen LogP contribution in [0.1, 0.15) is 57.7 Å². The number of carboxylic acid groups (broad SMARTS) is 1. The molecule has 0 spiro atoms. The summed E-state index contributed by atoms with van der Waals surface area (Å²) in [4.78, 5) is 11.7. The van der Waals surface area contributed by atoms with E-state index >= 15 is 0 Å². The zero-order chi connectivity index (χ0) is 27.5. The molecule has 5 rings (SSSR count). The molecule has 0 aliphatic heterocycles. The van der Waals surface area contributed by atoms with Gasteiger partial charge in [-0.25, -0.2) is 4.79 Å². The second-order valence-electron chi connectivity index (χ2n) is 10.1. The summed E-state index contributed by atoms with van der Waals surface area (Å²) in [6.45, 7) is 11.6. The van der Waals surface area contributed by atoms with Crippen molar-refractivity contribution in [3.05, 3.63) is 137 Å². The fourth-order valence-corrected chi connectivity index (χ4v) is 5.33. The maximum absolute atomic E-state index is 11.7. The van der Waals surface area contributed by atoms with Crippen LogP contribution in [0, 0.1) is 13.8 Å². The molecule has 5 aromatic rings. The fraction of sp³-hybridized carbons (Fsp3) is 0.171. The van der Waals surface area contributed by atoms with Crippen molar-refractivity contribution in [3.8, 4) is 11.1 Å². The van der Waals surface area contributed by atoms with Crippen LogP contribution in [0.3, 0.4) is 0 Å². The molecular formula is C35H34N2O2. The van der Waals surface area contributed by atoms with Crippen molar-refractivity contribution in [1.29, 1.82) is 0 Å². The van der Waals surface area contributed by atoms with Crippen LogP contribution in [-0.2, 0) is 6.54 Å². The Balaban J connectivity index is 1.39. The van der Waals surface area contributed by atoms with Gasteiger partial charge in [0.15, 0.2) is 0 Å². The first-order valence-electron chi connectivity index (χ1n) is 13.4. The quantitative estimate of drug-likeness (QED) is 0.208. The number of aryl methyl sites for hydroxylation is 1. The van der Waals surface area contributed by atoms with Crippen LogP contribution in [0.4, 0.5) is 0 Å². The highest BCUT2D eigenvalue weighted by atomic mass is 16.4. The molecular weight excluding hydrogens is 480 g/mol. The Kier molecular flexibility index (Phi) is 7.38. The molecule has 1 aromatic heterocycles. The Morgan fingerprint density at radius 3 is 2.31 bits per heavy atom. The van der Waals surface area contributed by atoms with Gasteiger partial charge in [-0.1, -0.05) is 92.4 Å². The second kappa shape index (κ2) is 11.0. The van der Waals surface area contributed by atoms with Crippen LogP contribution < -0.4 is 5.32 Å². The van der Waals surface area contributed by atoms with Crippen molar-refractivity contribution >= 4 is 22.6 Å². The molecule has 0 aliphatic carbocycles. The molecule has 0 saturated carbocycles. The van der Waals surface area contributed by atoms with E-state index in [4.69, 9.17) is 0 Å². The van der Waals surface area contributed by atoms with E-state index in [1.54, 1.807) is 12.1 Å². The molecule has 0 radical (unpaired) electrons. The smallest absolute Gasteiger partial charge is 0.336 e. The molecule has 4 nitrogen and oxygen atoms in total. The third-order valence-corrected chi connectivity index (χ3v) is 7.71. The van der Waals surface area contributed by atoms with E-state index in [0.717, 1.165) is 40.9 Å². The number of hydrogen-bond acceptors (Lipinski definition) is 2. The maximum atomic E-state index is 11.7.